The van der Waals surface area contributed by atoms with E-state index in [1.54, 1.807) is 36.4 Å². The predicted octanol–water partition coefficient (Wildman–Crippen LogP) is 5.35. The van der Waals surface area contributed by atoms with Gasteiger partial charge in [-0.3, -0.25) is 13.9 Å². The van der Waals surface area contributed by atoms with E-state index in [0.717, 1.165) is 25.5 Å². The lowest BCUT2D eigenvalue weighted by molar-refractivity contribution is -0.139. The van der Waals surface area contributed by atoms with Gasteiger partial charge >= 0.3 is 0 Å². The van der Waals surface area contributed by atoms with E-state index in [9.17, 15) is 18.0 Å². The molecule has 4 rings (SSSR count). The summed E-state index contributed by atoms with van der Waals surface area (Å²) in [7, 11) is -1.13. The molecular formula is C33H34BrN3O5S. The maximum absolute atomic E-state index is 14.3. The van der Waals surface area contributed by atoms with Crippen LogP contribution in [0.2, 0.25) is 0 Å². The number of aryl methyl sites for hydroxylation is 1. The number of sulfonamides is 1. The Labute approximate surface area is 261 Å². The zero-order valence-corrected chi connectivity index (χ0v) is 26.6. The molecule has 4 aromatic carbocycles. The number of benzene rings is 4. The van der Waals surface area contributed by atoms with Crippen LogP contribution >= 0.6 is 15.9 Å². The molecule has 1 N–H and O–H groups in total. The Morgan fingerprint density at radius 3 is 2.14 bits per heavy atom. The van der Waals surface area contributed by atoms with Crippen LogP contribution in [0.25, 0.3) is 0 Å². The predicted molar refractivity (Wildman–Crippen MR) is 171 cm³/mol. The van der Waals surface area contributed by atoms with Crippen molar-refractivity contribution in [3.8, 4) is 5.75 Å². The van der Waals surface area contributed by atoms with Crippen LogP contribution in [0.3, 0.4) is 0 Å². The number of rotatable bonds is 12. The topological polar surface area (TPSA) is 96.0 Å². The van der Waals surface area contributed by atoms with Gasteiger partial charge in [-0.2, -0.15) is 0 Å². The normalized spacial score (nSPS) is 11.8. The van der Waals surface area contributed by atoms with Crippen LogP contribution in [0.1, 0.15) is 16.7 Å². The summed E-state index contributed by atoms with van der Waals surface area (Å²) in [5.41, 5.74) is 2.83. The molecule has 0 aliphatic rings. The van der Waals surface area contributed by atoms with Crippen LogP contribution in [-0.2, 0) is 32.6 Å². The van der Waals surface area contributed by atoms with E-state index in [1.807, 2.05) is 61.5 Å². The minimum atomic E-state index is -4.17. The zero-order valence-electron chi connectivity index (χ0n) is 24.2. The van der Waals surface area contributed by atoms with Gasteiger partial charge in [-0.25, -0.2) is 8.42 Å². The Balaban J connectivity index is 1.79. The summed E-state index contributed by atoms with van der Waals surface area (Å²) in [5.74, 6) is -0.345. The third kappa shape index (κ3) is 8.03. The Morgan fingerprint density at radius 1 is 0.884 bits per heavy atom. The molecule has 0 radical (unpaired) electrons. The fraction of sp³-hybridized carbons (Fsp3) is 0.212. The van der Waals surface area contributed by atoms with Crippen molar-refractivity contribution in [3.05, 3.63) is 124 Å². The van der Waals surface area contributed by atoms with Gasteiger partial charge in [0.05, 0.1) is 17.7 Å². The van der Waals surface area contributed by atoms with Crippen molar-refractivity contribution in [2.24, 2.45) is 0 Å². The van der Waals surface area contributed by atoms with Gasteiger partial charge in [-0.1, -0.05) is 76.1 Å². The molecule has 0 bridgehead atoms. The molecule has 0 spiro atoms. The molecular weight excluding hydrogens is 630 g/mol. The number of carbonyl (C=O) groups is 2. The lowest BCUT2D eigenvalue weighted by Crippen LogP contribution is -2.53. The second-order valence-corrected chi connectivity index (χ2v) is 12.8. The summed E-state index contributed by atoms with van der Waals surface area (Å²) >= 11 is 3.48. The molecule has 224 valence electrons. The highest BCUT2D eigenvalue weighted by Gasteiger charge is 2.34. The summed E-state index contributed by atoms with van der Waals surface area (Å²) in [6.45, 7) is 1.43. The zero-order chi connectivity index (χ0) is 31.0. The molecule has 0 heterocycles. The number of carbonyl (C=O) groups excluding carboxylic acids is 2. The van der Waals surface area contributed by atoms with Gasteiger partial charge in [0, 0.05) is 24.5 Å². The minimum Gasteiger partial charge on any atom is -0.497 e. The van der Waals surface area contributed by atoms with E-state index in [4.69, 9.17) is 4.74 Å². The van der Waals surface area contributed by atoms with Gasteiger partial charge in [-0.05, 0) is 66.6 Å². The molecule has 10 heteroatoms. The molecule has 0 fully saturated rings. The van der Waals surface area contributed by atoms with Gasteiger partial charge in [0.25, 0.3) is 10.0 Å². The summed E-state index contributed by atoms with van der Waals surface area (Å²) in [5, 5.41) is 2.69. The van der Waals surface area contributed by atoms with E-state index < -0.39 is 28.5 Å². The lowest BCUT2D eigenvalue weighted by atomic mass is 10.0. The largest absolute Gasteiger partial charge is 0.497 e. The van der Waals surface area contributed by atoms with Crippen molar-refractivity contribution in [3.63, 3.8) is 0 Å². The first-order chi connectivity index (χ1) is 20.6. The van der Waals surface area contributed by atoms with Gasteiger partial charge in [0.15, 0.2) is 0 Å². The average molecular weight is 665 g/mol. The molecule has 4 aromatic rings. The maximum atomic E-state index is 14.3. The molecule has 0 aliphatic carbocycles. The molecule has 0 saturated carbocycles. The summed E-state index contributed by atoms with van der Waals surface area (Å²) in [4.78, 5) is 29.2. The lowest BCUT2D eigenvalue weighted by Gasteiger charge is -2.33. The third-order valence-corrected chi connectivity index (χ3v) is 9.29. The van der Waals surface area contributed by atoms with Crippen LogP contribution < -0.4 is 14.4 Å². The number of ether oxygens (including phenoxy) is 1. The van der Waals surface area contributed by atoms with Crippen LogP contribution in [0, 0.1) is 6.92 Å². The Bertz CT molecular complexity index is 1650. The molecule has 2 amide bonds. The molecule has 0 unspecified atom stereocenters. The van der Waals surface area contributed by atoms with Crippen molar-refractivity contribution in [2.45, 2.75) is 30.8 Å². The van der Waals surface area contributed by atoms with Crippen molar-refractivity contribution >= 4 is 43.5 Å². The molecule has 43 heavy (non-hydrogen) atoms. The fourth-order valence-electron chi connectivity index (χ4n) is 4.67. The molecule has 0 aliphatic heterocycles. The number of nitrogens with one attached hydrogen (secondary N) is 1. The fourth-order valence-corrected chi connectivity index (χ4v) is 6.53. The highest BCUT2D eigenvalue weighted by atomic mass is 79.9. The van der Waals surface area contributed by atoms with Crippen molar-refractivity contribution in [2.75, 3.05) is 25.0 Å². The van der Waals surface area contributed by atoms with E-state index in [0.29, 0.717) is 5.75 Å². The molecule has 0 saturated heterocycles. The number of hydrogen-bond acceptors (Lipinski definition) is 5. The van der Waals surface area contributed by atoms with Gasteiger partial charge < -0.3 is 15.0 Å². The minimum absolute atomic E-state index is 0.0485. The Kier molecular flexibility index (Phi) is 10.6. The van der Waals surface area contributed by atoms with Gasteiger partial charge in [0.2, 0.25) is 11.8 Å². The van der Waals surface area contributed by atoms with Crippen LogP contribution in [-0.4, -0.2) is 51.9 Å². The second kappa shape index (κ2) is 14.3. The summed E-state index contributed by atoms with van der Waals surface area (Å²) in [6, 6.07) is 28.9. The van der Waals surface area contributed by atoms with Crippen molar-refractivity contribution in [1.82, 2.24) is 10.2 Å². The SMILES string of the molecule is CNC(=O)[C@H](Cc1ccccc1)N(Cc1cccc(Br)c1)C(=O)CN(c1ccc(OC)cc1)S(=O)(=O)c1ccc(C)cc1. The molecule has 1 atom stereocenters. The average Bonchev–Trinajstić information content (AvgIpc) is 3.02. The summed E-state index contributed by atoms with van der Waals surface area (Å²) < 4.78 is 35.3. The number of anilines is 1. The first kappa shape index (κ1) is 31.8. The van der Waals surface area contributed by atoms with Gasteiger partial charge in [-0.15, -0.1) is 0 Å². The Morgan fingerprint density at radius 2 is 1.53 bits per heavy atom. The van der Waals surface area contributed by atoms with Crippen LogP contribution in [0.15, 0.2) is 112 Å². The number of likely N-dealkylation sites (N-methyl/N-ethyl adjacent to an activating group) is 1. The smallest absolute Gasteiger partial charge is 0.264 e. The number of amides is 2. The highest BCUT2D eigenvalue weighted by Crippen LogP contribution is 2.27. The molecule has 8 nitrogen and oxygen atoms in total. The number of methoxy groups -OCH3 is 1. The molecule has 0 aromatic heterocycles. The highest BCUT2D eigenvalue weighted by molar-refractivity contribution is 9.10. The number of nitrogens with zero attached hydrogens (tertiary/aromatic N) is 2. The van der Waals surface area contributed by atoms with Crippen LogP contribution in [0.5, 0.6) is 5.75 Å². The maximum Gasteiger partial charge on any atom is 0.264 e. The van der Waals surface area contributed by atoms with E-state index in [-0.39, 0.29) is 29.5 Å². The van der Waals surface area contributed by atoms with E-state index >= 15 is 0 Å². The quantitative estimate of drug-likeness (QED) is 0.221. The first-order valence-electron chi connectivity index (χ1n) is 13.6. The standard InChI is InChI=1S/C33H34BrN3O5S/c1-24-12-18-30(19-13-24)43(40,41)37(28-14-16-29(42-3)17-15-28)23-32(38)36(22-26-10-7-11-27(34)20-26)31(33(39)35-2)21-25-8-5-4-6-9-25/h4-20,31H,21-23H2,1-3H3,(H,35,39)/t31-/m0/s1. The van der Waals surface area contributed by atoms with Crippen molar-refractivity contribution in [1.29, 1.82) is 0 Å². The number of halogens is 1. The summed E-state index contributed by atoms with van der Waals surface area (Å²) in [6.07, 6.45) is 0.244. The Hall–Kier alpha value is -4.15. The number of hydrogen-bond donors (Lipinski definition) is 1. The van der Waals surface area contributed by atoms with Crippen molar-refractivity contribution < 1.29 is 22.7 Å². The third-order valence-electron chi connectivity index (χ3n) is 7.01. The second-order valence-electron chi connectivity index (χ2n) is 9.99. The van der Waals surface area contributed by atoms with E-state index in [1.165, 1.54) is 31.2 Å². The first-order valence-corrected chi connectivity index (χ1v) is 15.9. The van der Waals surface area contributed by atoms with Gasteiger partial charge in [0.1, 0.15) is 18.3 Å². The van der Waals surface area contributed by atoms with E-state index in [2.05, 4.69) is 21.2 Å². The van der Waals surface area contributed by atoms with Crippen LogP contribution in [0.4, 0.5) is 5.69 Å². The monoisotopic (exact) mass is 663 g/mol.